The van der Waals surface area contributed by atoms with Crippen molar-refractivity contribution in [2.75, 3.05) is 0 Å². The van der Waals surface area contributed by atoms with Gasteiger partial charge in [0.05, 0.1) is 17.7 Å². The number of amides is 2. The van der Waals surface area contributed by atoms with Crippen molar-refractivity contribution in [1.29, 1.82) is 0 Å². The molecule has 1 aliphatic heterocycles. The summed E-state index contributed by atoms with van der Waals surface area (Å²) in [6.07, 6.45) is 0.520. The zero-order valence-electron chi connectivity index (χ0n) is 12.8. The molecule has 0 saturated heterocycles. The van der Waals surface area contributed by atoms with Crippen LogP contribution >= 0.6 is 11.6 Å². The third kappa shape index (κ3) is 3.42. The van der Waals surface area contributed by atoms with Crippen LogP contribution in [0.2, 0.25) is 5.02 Å². The molecule has 0 bridgehead atoms. The van der Waals surface area contributed by atoms with Gasteiger partial charge in [-0.25, -0.2) is 9.59 Å². The van der Waals surface area contributed by atoms with Crippen LogP contribution in [0.15, 0.2) is 35.5 Å². The molecule has 0 unspecified atom stereocenters. The Bertz CT molecular complexity index is 628. The lowest BCUT2D eigenvalue weighted by atomic mass is 9.95. The molecule has 2 rings (SSSR count). The number of allylic oxidation sites excluding steroid dienone is 1. The van der Waals surface area contributed by atoms with Gasteiger partial charge < -0.3 is 15.4 Å². The van der Waals surface area contributed by atoms with Crippen LogP contribution in [0.4, 0.5) is 4.79 Å². The van der Waals surface area contributed by atoms with Gasteiger partial charge in [0, 0.05) is 10.7 Å². The summed E-state index contributed by atoms with van der Waals surface area (Å²) in [5, 5.41) is 5.82. The van der Waals surface area contributed by atoms with Crippen LogP contribution in [0.1, 0.15) is 38.8 Å². The van der Waals surface area contributed by atoms with Crippen molar-refractivity contribution < 1.29 is 14.3 Å². The summed E-state index contributed by atoms with van der Waals surface area (Å²) < 4.78 is 5.41. The van der Waals surface area contributed by atoms with Crippen LogP contribution in [0.3, 0.4) is 0 Å². The van der Waals surface area contributed by atoms with Crippen molar-refractivity contribution in [3.05, 3.63) is 46.1 Å². The molecule has 2 amide bonds. The van der Waals surface area contributed by atoms with Crippen molar-refractivity contribution in [2.45, 2.75) is 39.3 Å². The molecule has 1 aliphatic rings. The van der Waals surface area contributed by atoms with Gasteiger partial charge in [0.1, 0.15) is 0 Å². The number of carbonyl (C=O) groups is 2. The van der Waals surface area contributed by atoms with Gasteiger partial charge >= 0.3 is 12.0 Å². The van der Waals surface area contributed by atoms with Gasteiger partial charge in [0.2, 0.25) is 0 Å². The second kappa shape index (κ2) is 6.83. The van der Waals surface area contributed by atoms with E-state index < -0.39 is 12.0 Å². The third-order valence-corrected chi connectivity index (χ3v) is 3.93. The van der Waals surface area contributed by atoms with E-state index in [0.29, 0.717) is 28.3 Å². The fourth-order valence-electron chi connectivity index (χ4n) is 2.24. The van der Waals surface area contributed by atoms with Crippen LogP contribution < -0.4 is 10.6 Å². The highest BCUT2D eigenvalue weighted by molar-refractivity contribution is 6.31. The normalized spacial score (nSPS) is 19.3. The minimum atomic E-state index is -0.626. The maximum Gasteiger partial charge on any atom is 0.338 e. The maximum absolute atomic E-state index is 12.5. The van der Waals surface area contributed by atoms with Crippen molar-refractivity contribution in [3.8, 4) is 0 Å². The molecule has 22 heavy (non-hydrogen) atoms. The van der Waals surface area contributed by atoms with E-state index in [2.05, 4.69) is 10.6 Å². The molecule has 6 heteroatoms. The van der Waals surface area contributed by atoms with Crippen molar-refractivity contribution >= 4 is 23.6 Å². The Labute approximate surface area is 134 Å². The minimum Gasteiger partial charge on any atom is -0.459 e. The number of rotatable bonds is 4. The lowest BCUT2D eigenvalue weighted by Gasteiger charge is -2.29. The molecular weight excluding hydrogens is 304 g/mol. The number of hydrogen-bond donors (Lipinski definition) is 2. The number of nitrogens with one attached hydrogen (secondary N) is 2. The van der Waals surface area contributed by atoms with E-state index in [9.17, 15) is 9.59 Å². The molecule has 1 heterocycles. The van der Waals surface area contributed by atoms with E-state index in [0.717, 1.165) is 0 Å². The van der Waals surface area contributed by atoms with E-state index in [1.807, 2.05) is 19.9 Å². The number of hydrogen-bond acceptors (Lipinski definition) is 3. The fraction of sp³-hybridized carbons (Fsp3) is 0.375. The SMILES string of the molecule is CC[C@@H](C)OC(=O)C1=C(C)NC(=O)N[C@H]1c1ccccc1Cl. The smallest absolute Gasteiger partial charge is 0.338 e. The highest BCUT2D eigenvalue weighted by Gasteiger charge is 2.33. The van der Waals surface area contributed by atoms with Gasteiger partial charge in [-0.05, 0) is 31.9 Å². The van der Waals surface area contributed by atoms with E-state index in [1.165, 1.54) is 0 Å². The first kappa shape index (κ1) is 16.4. The third-order valence-electron chi connectivity index (χ3n) is 3.59. The number of benzene rings is 1. The monoisotopic (exact) mass is 322 g/mol. The first-order chi connectivity index (χ1) is 10.4. The maximum atomic E-state index is 12.5. The molecule has 1 aromatic carbocycles. The molecule has 0 aliphatic carbocycles. The summed E-state index contributed by atoms with van der Waals surface area (Å²) in [5.41, 5.74) is 1.50. The Morgan fingerprint density at radius 1 is 1.41 bits per heavy atom. The predicted octanol–water partition coefficient (Wildman–Crippen LogP) is 3.31. The molecule has 0 aromatic heterocycles. The number of urea groups is 1. The van der Waals surface area contributed by atoms with E-state index in [1.54, 1.807) is 25.1 Å². The van der Waals surface area contributed by atoms with Crippen molar-refractivity contribution in [2.24, 2.45) is 0 Å². The number of esters is 1. The molecular formula is C16H19ClN2O3. The van der Waals surface area contributed by atoms with Crippen LogP contribution in [0.5, 0.6) is 0 Å². The number of ether oxygens (including phenoxy) is 1. The second-order valence-electron chi connectivity index (χ2n) is 5.22. The predicted molar refractivity (Wildman–Crippen MR) is 84.4 cm³/mol. The zero-order valence-corrected chi connectivity index (χ0v) is 13.5. The molecule has 5 nitrogen and oxygen atoms in total. The topological polar surface area (TPSA) is 67.4 Å². The van der Waals surface area contributed by atoms with Gasteiger partial charge in [0.25, 0.3) is 0 Å². The minimum absolute atomic E-state index is 0.197. The van der Waals surface area contributed by atoms with Crippen LogP contribution in [-0.4, -0.2) is 18.1 Å². The lowest BCUT2D eigenvalue weighted by molar-refractivity contribution is -0.144. The second-order valence-corrected chi connectivity index (χ2v) is 5.62. The van der Waals surface area contributed by atoms with Gasteiger partial charge in [0.15, 0.2) is 0 Å². The summed E-state index contributed by atoms with van der Waals surface area (Å²) in [4.78, 5) is 24.2. The largest absolute Gasteiger partial charge is 0.459 e. The summed E-state index contributed by atoms with van der Waals surface area (Å²) in [6, 6.07) is 6.10. The Morgan fingerprint density at radius 2 is 2.09 bits per heavy atom. The van der Waals surface area contributed by atoms with Crippen molar-refractivity contribution in [3.63, 3.8) is 0 Å². The zero-order chi connectivity index (χ0) is 16.3. The Kier molecular flexibility index (Phi) is 5.08. The standard InChI is InChI=1S/C16H19ClN2O3/c1-4-9(2)22-15(20)13-10(3)18-16(21)19-14(13)11-7-5-6-8-12(11)17/h5-9,14H,4H2,1-3H3,(H2,18,19,21)/t9-,14+/m1/s1. The molecule has 2 atom stereocenters. The van der Waals surface area contributed by atoms with Gasteiger partial charge in [-0.1, -0.05) is 36.7 Å². The van der Waals surface area contributed by atoms with Gasteiger partial charge in [-0.2, -0.15) is 0 Å². The Morgan fingerprint density at radius 3 is 2.73 bits per heavy atom. The van der Waals surface area contributed by atoms with Crippen LogP contribution in [0, 0.1) is 0 Å². The first-order valence-electron chi connectivity index (χ1n) is 7.17. The van der Waals surface area contributed by atoms with Gasteiger partial charge in [-0.3, -0.25) is 0 Å². The van der Waals surface area contributed by atoms with Gasteiger partial charge in [-0.15, -0.1) is 0 Å². The molecule has 2 N–H and O–H groups in total. The Hall–Kier alpha value is -2.01. The highest BCUT2D eigenvalue weighted by Crippen LogP contribution is 2.32. The molecule has 0 fully saturated rings. The molecule has 0 spiro atoms. The average molecular weight is 323 g/mol. The molecule has 0 saturated carbocycles. The fourth-order valence-corrected chi connectivity index (χ4v) is 2.48. The van der Waals surface area contributed by atoms with Crippen molar-refractivity contribution in [1.82, 2.24) is 10.6 Å². The molecule has 1 aromatic rings. The molecule has 0 radical (unpaired) electrons. The van der Waals surface area contributed by atoms with E-state index >= 15 is 0 Å². The van der Waals surface area contributed by atoms with E-state index in [-0.39, 0.29) is 12.1 Å². The highest BCUT2D eigenvalue weighted by atomic mass is 35.5. The number of carbonyl (C=O) groups excluding carboxylic acids is 2. The Balaban J connectivity index is 2.41. The summed E-state index contributed by atoms with van der Waals surface area (Å²) in [5.74, 6) is -0.454. The number of halogens is 1. The average Bonchev–Trinajstić information content (AvgIpc) is 2.46. The summed E-state index contributed by atoms with van der Waals surface area (Å²) in [7, 11) is 0. The summed E-state index contributed by atoms with van der Waals surface area (Å²) in [6.45, 7) is 5.44. The quantitative estimate of drug-likeness (QED) is 0.836. The van der Waals surface area contributed by atoms with Crippen LogP contribution in [0.25, 0.3) is 0 Å². The van der Waals surface area contributed by atoms with Crippen LogP contribution in [-0.2, 0) is 9.53 Å². The lowest BCUT2D eigenvalue weighted by Crippen LogP contribution is -2.45. The summed E-state index contributed by atoms with van der Waals surface area (Å²) >= 11 is 6.21. The first-order valence-corrected chi connectivity index (χ1v) is 7.55. The molecule has 118 valence electrons. The van der Waals surface area contributed by atoms with E-state index in [4.69, 9.17) is 16.3 Å².